The summed E-state index contributed by atoms with van der Waals surface area (Å²) in [5.74, 6) is 0.739. The zero-order chi connectivity index (χ0) is 20.0. The van der Waals surface area contributed by atoms with E-state index in [1.54, 1.807) is 6.07 Å². The number of benzene rings is 1. The highest BCUT2D eigenvalue weighted by molar-refractivity contribution is 6.31. The molecule has 1 heterocycles. The number of halogens is 1. The Bertz CT molecular complexity index is 854. The van der Waals surface area contributed by atoms with Gasteiger partial charge in [0.2, 0.25) is 0 Å². The molecule has 7 nitrogen and oxygen atoms in total. The predicted octanol–water partition coefficient (Wildman–Crippen LogP) is 4.63. The number of rotatable bonds is 5. The van der Waals surface area contributed by atoms with Gasteiger partial charge in [-0.3, -0.25) is 5.32 Å². The zero-order valence-corrected chi connectivity index (χ0v) is 16.5. The summed E-state index contributed by atoms with van der Waals surface area (Å²) < 4.78 is 5.39. The SMILES string of the molecule is COc1cc(CCC(C)(C)C)c(Cl)cc1NC(=O)Nc1cnc(C#N)cn1. The molecule has 2 N–H and O–H groups in total. The summed E-state index contributed by atoms with van der Waals surface area (Å²) in [5, 5.41) is 14.5. The zero-order valence-electron chi connectivity index (χ0n) is 15.8. The van der Waals surface area contributed by atoms with Crippen LogP contribution in [0.3, 0.4) is 0 Å². The van der Waals surface area contributed by atoms with Crippen LogP contribution in [0, 0.1) is 16.7 Å². The predicted molar refractivity (Wildman–Crippen MR) is 105 cm³/mol. The van der Waals surface area contributed by atoms with Crippen LogP contribution in [0.4, 0.5) is 16.3 Å². The molecule has 0 atom stereocenters. The van der Waals surface area contributed by atoms with Crippen LogP contribution in [-0.4, -0.2) is 23.1 Å². The number of aromatic nitrogens is 2. The van der Waals surface area contributed by atoms with Crippen LogP contribution in [0.15, 0.2) is 24.5 Å². The molecule has 0 bridgehead atoms. The second-order valence-electron chi connectivity index (χ2n) is 7.18. The Labute approximate surface area is 163 Å². The van der Waals surface area contributed by atoms with Gasteiger partial charge in [-0.05, 0) is 36.0 Å². The molecule has 27 heavy (non-hydrogen) atoms. The van der Waals surface area contributed by atoms with Crippen molar-refractivity contribution >= 4 is 29.1 Å². The maximum absolute atomic E-state index is 12.2. The fraction of sp³-hybridized carbons (Fsp3) is 0.368. The third kappa shape index (κ3) is 6.12. The van der Waals surface area contributed by atoms with Crippen LogP contribution >= 0.6 is 11.6 Å². The first-order chi connectivity index (χ1) is 12.7. The Morgan fingerprint density at radius 1 is 1.26 bits per heavy atom. The molecular weight excluding hydrogens is 366 g/mol. The molecule has 0 spiro atoms. The highest BCUT2D eigenvalue weighted by Gasteiger charge is 2.15. The lowest BCUT2D eigenvalue weighted by atomic mass is 9.88. The van der Waals surface area contributed by atoms with Gasteiger partial charge >= 0.3 is 6.03 Å². The average Bonchev–Trinajstić information content (AvgIpc) is 2.61. The van der Waals surface area contributed by atoms with E-state index < -0.39 is 6.03 Å². The minimum absolute atomic E-state index is 0.167. The van der Waals surface area contributed by atoms with Gasteiger partial charge in [0.1, 0.15) is 11.8 Å². The van der Waals surface area contributed by atoms with Gasteiger partial charge < -0.3 is 10.1 Å². The Morgan fingerprint density at radius 3 is 2.56 bits per heavy atom. The number of ether oxygens (including phenoxy) is 1. The summed E-state index contributed by atoms with van der Waals surface area (Å²) in [6.07, 6.45) is 4.36. The lowest BCUT2D eigenvalue weighted by Crippen LogP contribution is -2.20. The number of nitrogens with one attached hydrogen (secondary N) is 2. The van der Waals surface area contributed by atoms with Crippen molar-refractivity contribution in [3.63, 3.8) is 0 Å². The third-order valence-corrected chi connectivity index (χ3v) is 4.12. The number of aryl methyl sites for hydroxylation is 1. The van der Waals surface area contributed by atoms with Gasteiger partial charge in [0, 0.05) is 5.02 Å². The van der Waals surface area contributed by atoms with E-state index in [0.29, 0.717) is 16.5 Å². The molecule has 142 valence electrons. The number of anilines is 2. The van der Waals surface area contributed by atoms with Crippen molar-refractivity contribution in [1.29, 1.82) is 5.26 Å². The largest absolute Gasteiger partial charge is 0.495 e. The number of carbonyl (C=O) groups excluding carboxylic acids is 1. The number of nitrogens with zero attached hydrogens (tertiary/aromatic N) is 3. The third-order valence-electron chi connectivity index (χ3n) is 3.77. The lowest BCUT2D eigenvalue weighted by molar-refractivity contribution is 0.262. The summed E-state index contributed by atoms with van der Waals surface area (Å²) in [6, 6.07) is 4.85. The Kier molecular flexibility index (Phi) is 6.59. The Hall–Kier alpha value is -2.85. The number of urea groups is 1. The van der Waals surface area contributed by atoms with Crippen molar-refractivity contribution < 1.29 is 9.53 Å². The number of nitriles is 1. The topological polar surface area (TPSA) is 99.9 Å². The molecule has 0 saturated carbocycles. The van der Waals surface area contributed by atoms with Crippen molar-refractivity contribution in [2.45, 2.75) is 33.6 Å². The van der Waals surface area contributed by atoms with Crippen molar-refractivity contribution in [3.05, 3.63) is 40.8 Å². The molecule has 0 aliphatic heterocycles. The van der Waals surface area contributed by atoms with Gasteiger partial charge in [-0.2, -0.15) is 5.26 Å². The van der Waals surface area contributed by atoms with Crippen molar-refractivity contribution in [2.24, 2.45) is 5.41 Å². The van der Waals surface area contributed by atoms with Gasteiger partial charge in [0.25, 0.3) is 0 Å². The maximum Gasteiger partial charge on any atom is 0.325 e. The van der Waals surface area contributed by atoms with Crippen LogP contribution in [0.2, 0.25) is 5.02 Å². The molecule has 1 aromatic heterocycles. The second-order valence-corrected chi connectivity index (χ2v) is 7.59. The van der Waals surface area contributed by atoms with Gasteiger partial charge in [0.15, 0.2) is 11.5 Å². The number of hydrogen-bond acceptors (Lipinski definition) is 5. The summed E-state index contributed by atoms with van der Waals surface area (Å²) >= 11 is 6.38. The van der Waals surface area contributed by atoms with E-state index in [9.17, 15) is 4.79 Å². The van der Waals surface area contributed by atoms with Crippen LogP contribution in [-0.2, 0) is 6.42 Å². The normalized spacial score (nSPS) is 10.8. The molecule has 0 aliphatic carbocycles. The van der Waals surface area contributed by atoms with Crippen LogP contribution in [0.5, 0.6) is 5.75 Å². The van der Waals surface area contributed by atoms with E-state index in [1.165, 1.54) is 19.5 Å². The molecular formula is C19H22ClN5O2. The van der Waals surface area contributed by atoms with E-state index in [4.69, 9.17) is 21.6 Å². The van der Waals surface area contributed by atoms with E-state index in [-0.39, 0.29) is 16.9 Å². The van der Waals surface area contributed by atoms with Crippen LogP contribution in [0.1, 0.15) is 38.4 Å². The monoisotopic (exact) mass is 387 g/mol. The quantitative estimate of drug-likeness (QED) is 0.778. The fourth-order valence-corrected chi connectivity index (χ4v) is 2.54. The number of carbonyl (C=O) groups is 1. The summed E-state index contributed by atoms with van der Waals surface area (Å²) in [4.78, 5) is 20.0. The highest BCUT2D eigenvalue weighted by Crippen LogP contribution is 2.33. The summed E-state index contributed by atoms with van der Waals surface area (Å²) in [7, 11) is 1.53. The molecule has 2 amide bonds. The van der Waals surface area contributed by atoms with Gasteiger partial charge in [0.05, 0.1) is 25.2 Å². The van der Waals surface area contributed by atoms with E-state index in [1.807, 2.05) is 12.1 Å². The van der Waals surface area contributed by atoms with Gasteiger partial charge in [-0.1, -0.05) is 32.4 Å². The molecule has 0 unspecified atom stereocenters. The van der Waals surface area contributed by atoms with E-state index in [2.05, 4.69) is 41.4 Å². The first-order valence-electron chi connectivity index (χ1n) is 8.38. The highest BCUT2D eigenvalue weighted by atomic mass is 35.5. The Morgan fingerprint density at radius 2 is 2.00 bits per heavy atom. The van der Waals surface area contributed by atoms with Crippen molar-refractivity contribution in [3.8, 4) is 11.8 Å². The van der Waals surface area contributed by atoms with E-state index in [0.717, 1.165) is 18.4 Å². The standard InChI is InChI=1S/C19H22ClN5O2/c1-19(2,3)6-5-12-7-16(27-4)15(8-14(12)20)24-18(26)25-17-11-22-13(9-21)10-23-17/h7-8,10-11H,5-6H2,1-4H3,(H2,23,24,25,26). The second kappa shape index (κ2) is 8.69. The van der Waals surface area contributed by atoms with Crippen LogP contribution < -0.4 is 15.4 Å². The molecule has 0 aliphatic rings. The first kappa shape index (κ1) is 20.5. The molecule has 0 radical (unpaired) electrons. The smallest absolute Gasteiger partial charge is 0.325 e. The molecule has 2 rings (SSSR count). The maximum atomic E-state index is 12.2. The minimum atomic E-state index is -0.522. The molecule has 0 fully saturated rings. The lowest BCUT2D eigenvalue weighted by Gasteiger charge is -2.19. The number of methoxy groups -OCH3 is 1. The molecule has 1 aromatic carbocycles. The average molecular weight is 388 g/mol. The summed E-state index contributed by atoms with van der Waals surface area (Å²) in [5.41, 5.74) is 1.77. The first-order valence-corrected chi connectivity index (χ1v) is 8.76. The number of hydrogen-bond donors (Lipinski definition) is 2. The van der Waals surface area contributed by atoms with Gasteiger partial charge in [-0.25, -0.2) is 14.8 Å². The fourth-order valence-electron chi connectivity index (χ4n) is 2.28. The van der Waals surface area contributed by atoms with Gasteiger partial charge in [-0.15, -0.1) is 0 Å². The summed E-state index contributed by atoms with van der Waals surface area (Å²) in [6.45, 7) is 6.51. The number of amides is 2. The molecule has 2 aromatic rings. The van der Waals surface area contributed by atoms with Crippen molar-refractivity contribution in [2.75, 3.05) is 17.7 Å². The Balaban J connectivity index is 2.11. The minimum Gasteiger partial charge on any atom is -0.495 e. The molecule has 0 saturated heterocycles. The van der Waals surface area contributed by atoms with E-state index >= 15 is 0 Å². The van der Waals surface area contributed by atoms with Crippen molar-refractivity contribution in [1.82, 2.24) is 9.97 Å². The molecule has 8 heteroatoms. The van der Waals surface area contributed by atoms with Crippen LogP contribution in [0.25, 0.3) is 0 Å².